The minimum absolute atomic E-state index is 0. The lowest BCUT2D eigenvalue weighted by Crippen LogP contribution is -2.44. The van der Waals surface area contributed by atoms with Crippen molar-refractivity contribution in [1.82, 2.24) is 4.90 Å². The molecule has 1 aromatic rings. The summed E-state index contributed by atoms with van der Waals surface area (Å²) in [5.41, 5.74) is 7.74. The zero-order valence-corrected chi connectivity index (χ0v) is 12.4. The first-order valence-electron chi connectivity index (χ1n) is 6.65. The molecule has 7 heteroatoms. The SMILES string of the molecule is CC(N)=Nc1ccc(N2CCN(C)CC2)cc1.O=COO.[HH]. The molecule has 0 aromatic heterocycles. The number of likely N-dealkylation sites (N-methyl/N-ethyl adjacent to an activating group) is 1. The lowest BCUT2D eigenvalue weighted by molar-refractivity contribution is -0.217. The van der Waals surface area contributed by atoms with E-state index >= 15 is 0 Å². The minimum atomic E-state index is -0.0694. The Kier molecular flexibility index (Phi) is 7.20. The van der Waals surface area contributed by atoms with Crippen molar-refractivity contribution < 1.29 is 16.4 Å². The van der Waals surface area contributed by atoms with Gasteiger partial charge in [-0.15, -0.1) is 0 Å². The number of nitrogens with two attached hydrogens (primary N) is 1. The molecule has 1 aliphatic rings. The Labute approximate surface area is 126 Å². The standard InChI is InChI=1S/C13H20N4.CH2O3.H2/c1-11(14)15-12-3-5-13(6-4-12)17-9-7-16(2)8-10-17;2-1-4-3;/h3-6H,7-10H2,1-2H3,(H2,14,15);1,3H;1H. The Bertz CT molecular complexity index is 456. The van der Waals surface area contributed by atoms with Gasteiger partial charge in [0.25, 0.3) is 0 Å². The Morgan fingerprint density at radius 3 is 2.29 bits per heavy atom. The second-order valence-corrected chi connectivity index (χ2v) is 4.76. The molecule has 0 unspecified atom stereocenters. The van der Waals surface area contributed by atoms with Crippen molar-refractivity contribution in [1.29, 1.82) is 0 Å². The van der Waals surface area contributed by atoms with E-state index in [1.54, 1.807) is 6.92 Å². The highest BCUT2D eigenvalue weighted by Gasteiger charge is 2.13. The number of hydrogen-bond donors (Lipinski definition) is 2. The van der Waals surface area contributed by atoms with E-state index in [-0.39, 0.29) is 7.90 Å². The molecule has 2 rings (SSSR count). The predicted molar refractivity (Wildman–Crippen MR) is 85.0 cm³/mol. The van der Waals surface area contributed by atoms with Crippen LogP contribution >= 0.6 is 0 Å². The van der Waals surface area contributed by atoms with E-state index in [0.29, 0.717) is 5.84 Å². The van der Waals surface area contributed by atoms with Crippen LogP contribution in [-0.4, -0.2) is 55.7 Å². The molecule has 0 saturated carbocycles. The fourth-order valence-electron chi connectivity index (χ4n) is 2.01. The van der Waals surface area contributed by atoms with Crippen LogP contribution in [0.3, 0.4) is 0 Å². The van der Waals surface area contributed by atoms with E-state index in [2.05, 4.69) is 38.9 Å². The third-order valence-electron chi connectivity index (χ3n) is 3.07. The van der Waals surface area contributed by atoms with Gasteiger partial charge < -0.3 is 20.4 Å². The van der Waals surface area contributed by atoms with Crippen LogP contribution in [0, 0.1) is 0 Å². The van der Waals surface area contributed by atoms with Crippen LogP contribution in [0.4, 0.5) is 11.4 Å². The van der Waals surface area contributed by atoms with Crippen LogP contribution in [0.15, 0.2) is 29.3 Å². The Balaban J connectivity index is 0.000000791. The molecule has 0 amide bonds. The summed E-state index contributed by atoms with van der Waals surface area (Å²) < 4.78 is 0. The number of anilines is 1. The maximum absolute atomic E-state index is 8.70. The molecule has 7 nitrogen and oxygen atoms in total. The number of nitrogens with zero attached hydrogens (tertiary/aromatic N) is 3. The third kappa shape index (κ3) is 6.24. The number of hydrogen-bond acceptors (Lipinski definition) is 6. The van der Waals surface area contributed by atoms with Gasteiger partial charge in [0.2, 0.25) is 0 Å². The number of piperazine rings is 1. The first-order chi connectivity index (χ1) is 10.1. The smallest absolute Gasteiger partial charge is 0.330 e. The van der Waals surface area contributed by atoms with Gasteiger partial charge in [0, 0.05) is 33.3 Å². The molecule has 3 N–H and O–H groups in total. The summed E-state index contributed by atoms with van der Waals surface area (Å²) >= 11 is 0. The summed E-state index contributed by atoms with van der Waals surface area (Å²) in [7, 11) is 2.17. The average Bonchev–Trinajstić information content (AvgIpc) is 2.49. The summed E-state index contributed by atoms with van der Waals surface area (Å²) in [5.74, 6) is 0.595. The number of amidine groups is 1. The molecule has 1 heterocycles. The number of aliphatic imine (C=N–C) groups is 1. The van der Waals surface area contributed by atoms with Crippen LogP contribution < -0.4 is 10.6 Å². The first kappa shape index (κ1) is 16.9. The Morgan fingerprint density at radius 2 is 1.86 bits per heavy atom. The molecule has 21 heavy (non-hydrogen) atoms. The number of carbonyl (C=O) groups is 1. The molecular formula is C14H24N4O3. The summed E-state index contributed by atoms with van der Waals surface area (Å²) in [6.45, 7) is 6.17. The quantitative estimate of drug-likeness (QED) is 0.287. The molecule has 0 spiro atoms. The minimum Gasteiger partial charge on any atom is -0.387 e. The van der Waals surface area contributed by atoms with Crippen LogP contribution in [0.1, 0.15) is 8.35 Å². The molecule has 1 aromatic carbocycles. The molecule has 1 fully saturated rings. The monoisotopic (exact) mass is 296 g/mol. The highest BCUT2D eigenvalue weighted by Crippen LogP contribution is 2.20. The third-order valence-corrected chi connectivity index (χ3v) is 3.07. The number of carbonyl (C=O) groups excluding carboxylic acids is 1. The van der Waals surface area contributed by atoms with Crippen molar-refractivity contribution in [2.75, 3.05) is 38.1 Å². The molecule has 118 valence electrons. The molecule has 1 aliphatic heterocycles. The Hall–Kier alpha value is -2.12. The van der Waals surface area contributed by atoms with E-state index in [0.717, 1.165) is 31.9 Å². The molecular weight excluding hydrogens is 272 g/mol. The normalized spacial score (nSPS) is 16.0. The molecule has 0 bridgehead atoms. The maximum Gasteiger partial charge on any atom is 0.330 e. The number of rotatable bonds is 3. The second-order valence-electron chi connectivity index (χ2n) is 4.76. The predicted octanol–water partition coefficient (Wildman–Crippen LogP) is 1.33. The zero-order chi connectivity index (χ0) is 15.7. The molecule has 0 aliphatic carbocycles. The van der Waals surface area contributed by atoms with Crippen molar-refractivity contribution in [3.05, 3.63) is 24.3 Å². The highest BCUT2D eigenvalue weighted by molar-refractivity contribution is 5.80. The van der Waals surface area contributed by atoms with E-state index in [9.17, 15) is 0 Å². The fourth-order valence-corrected chi connectivity index (χ4v) is 2.01. The lowest BCUT2D eigenvalue weighted by Gasteiger charge is -2.34. The average molecular weight is 296 g/mol. The largest absolute Gasteiger partial charge is 0.387 e. The summed E-state index contributed by atoms with van der Waals surface area (Å²) in [6, 6.07) is 8.27. The Morgan fingerprint density at radius 1 is 1.33 bits per heavy atom. The van der Waals surface area contributed by atoms with Gasteiger partial charge in [-0.3, -0.25) is 4.79 Å². The zero-order valence-electron chi connectivity index (χ0n) is 12.4. The first-order valence-corrected chi connectivity index (χ1v) is 6.65. The van der Waals surface area contributed by atoms with Crippen molar-refractivity contribution >= 4 is 23.7 Å². The highest BCUT2D eigenvalue weighted by atomic mass is 17.1. The van der Waals surface area contributed by atoms with Crippen LogP contribution in [0.5, 0.6) is 0 Å². The lowest BCUT2D eigenvalue weighted by atomic mass is 10.2. The summed E-state index contributed by atoms with van der Waals surface area (Å²) in [5, 5.41) is 7.01. The van der Waals surface area contributed by atoms with E-state index < -0.39 is 0 Å². The van der Waals surface area contributed by atoms with Crippen LogP contribution in [0.2, 0.25) is 0 Å². The summed E-state index contributed by atoms with van der Waals surface area (Å²) in [6.07, 6.45) is 0. The van der Waals surface area contributed by atoms with Gasteiger partial charge in [0.15, 0.2) is 0 Å². The van der Waals surface area contributed by atoms with Gasteiger partial charge in [-0.2, -0.15) is 0 Å². The summed E-state index contributed by atoms with van der Waals surface area (Å²) in [4.78, 5) is 20.5. The van der Waals surface area contributed by atoms with Crippen LogP contribution in [0.25, 0.3) is 0 Å². The molecule has 1 saturated heterocycles. The van der Waals surface area contributed by atoms with Crippen molar-refractivity contribution in [2.24, 2.45) is 10.7 Å². The van der Waals surface area contributed by atoms with Gasteiger partial charge in [-0.05, 0) is 38.2 Å². The van der Waals surface area contributed by atoms with Crippen molar-refractivity contribution in [2.45, 2.75) is 6.92 Å². The second kappa shape index (κ2) is 8.93. The molecule has 0 atom stereocenters. The van der Waals surface area contributed by atoms with Gasteiger partial charge in [-0.1, -0.05) is 0 Å². The fraction of sp³-hybridized carbons (Fsp3) is 0.429. The maximum atomic E-state index is 8.70. The van der Waals surface area contributed by atoms with Crippen LogP contribution in [-0.2, 0) is 9.68 Å². The van der Waals surface area contributed by atoms with Gasteiger partial charge in [-0.25, -0.2) is 10.2 Å². The van der Waals surface area contributed by atoms with E-state index in [4.69, 9.17) is 15.8 Å². The van der Waals surface area contributed by atoms with Crippen molar-refractivity contribution in [3.8, 4) is 0 Å². The van der Waals surface area contributed by atoms with Gasteiger partial charge in [0.1, 0.15) is 0 Å². The van der Waals surface area contributed by atoms with Gasteiger partial charge in [0.05, 0.1) is 11.5 Å². The van der Waals surface area contributed by atoms with Crippen molar-refractivity contribution in [3.63, 3.8) is 0 Å². The topological polar surface area (TPSA) is 91.4 Å². The van der Waals surface area contributed by atoms with Gasteiger partial charge >= 0.3 is 6.47 Å². The molecule has 0 radical (unpaired) electrons. The number of benzene rings is 1. The van der Waals surface area contributed by atoms with E-state index in [1.165, 1.54) is 5.69 Å². The van der Waals surface area contributed by atoms with E-state index in [1.807, 2.05) is 12.1 Å².